The number of hydrogen-bond donors (Lipinski definition) is 2. The van der Waals surface area contributed by atoms with Crippen LogP contribution in [0.3, 0.4) is 0 Å². The average Bonchev–Trinajstić information content (AvgIpc) is 2.86. The molecule has 1 aromatic heterocycles. The first-order valence-corrected chi connectivity index (χ1v) is 10.7. The molecule has 0 bridgehead atoms. The van der Waals surface area contributed by atoms with E-state index in [1.165, 1.54) is 16.9 Å². The van der Waals surface area contributed by atoms with Gasteiger partial charge in [-0.3, -0.25) is 0 Å². The van der Waals surface area contributed by atoms with Gasteiger partial charge in [0.15, 0.2) is 0 Å². The molecule has 25 heavy (non-hydrogen) atoms. The third-order valence-corrected chi connectivity index (χ3v) is 6.83. The second-order valence-corrected chi connectivity index (χ2v) is 10.8. The van der Waals surface area contributed by atoms with Crippen molar-refractivity contribution in [2.45, 2.75) is 63.9 Å². The van der Waals surface area contributed by atoms with Crippen LogP contribution in [0.5, 0.6) is 0 Å². The fourth-order valence-corrected chi connectivity index (χ4v) is 5.55. The molecule has 0 aliphatic heterocycles. The van der Waals surface area contributed by atoms with Crippen LogP contribution >= 0.6 is 11.3 Å². The van der Waals surface area contributed by atoms with E-state index in [-0.39, 0.29) is 0 Å². The van der Waals surface area contributed by atoms with E-state index in [4.69, 9.17) is 0 Å². The molecule has 2 rings (SSSR count). The minimum absolute atomic E-state index is 0.382. The summed E-state index contributed by atoms with van der Waals surface area (Å²) in [6.07, 6.45) is 0. The monoisotopic (exact) mass is 380 g/mol. The molecule has 0 fully saturated rings. The molecular weight excluding hydrogens is 352 g/mol. The summed E-state index contributed by atoms with van der Waals surface area (Å²) in [5.41, 5.74) is 2.36. The smallest absolute Gasteiger partial charge is 0.251 e. The standard InChI is InChI=1S/C19H28N2O2S2/c1-13(2)20-12-15-7-9-16(10-8-15)17-11-14(3)24-18(17)25(22,23)21-19(4,5)6/h7-11,13,20-21H,12H2,1-6H3. The number of hydrogen-bond acceptors (Lipinski definition) is 4. The molecule has 4 nitrogen and oxygen atoms in total. The summed E-state index contributed by atoms with van der Waals surface area (Å²) in [6.45, 7) is 12.5. The molecule has 1 aromatic carbocycles. The Bertz CT molecular complexity index is 814. The Kier molecular flexibility index (Phi) is 6.09. The topological polar surface area (TPSA) is 58.2 Å². The van der Waals surface area contributed by atoms with E-state index in [1.807, 2.05) is 58.0 Å². The minimum atomic E-state index is -3.55. The third-order valence-electron chi connectivity index (χ3n) is 3.49. The fourth-order valence-electron chi connectivity index (χ4n) is 2.47. The van der Waals surface area contributed by atoms with Crippen LogP contribution < -0.4 is 10.0 Å². The number of nitrogens with one attached hydrogen (secondary N) is 2. The lowest BCUT2D eigenvalue weighted by Crippen LogP contribution is -2.40. The molecule has 0 amide bonds. The molecule has 6 heteroatoms. The number of sulfonamides is 1. The molecule has 2 N–H and O–H groups in total. The molecule has 0 aliphatic carbocycles. The van der Waals surface area contributed by atoms with Crippen LogP contribution in [-0.2, 0) is 16.6 Å². The Morgan fingerprint density at radius 1 is 1.12 bits per heavy atom. The van der Waals surface area contributed by atoms with Crippen molar-refractivity contribution in [1.82, 2.24) is 10.0 Å². The maximum atomic E-state index is 12.8. The van der Waals surface area contributed by atoms with Crippen LogP contribution in [0.15, 0.2) is 34.5 Å². The maximum Gasteiger partial charge on any atom is 0.251 e. The van der Waals surface area contributed by atoms with Crippen LogP contribution in [0.1, 0.15) is 45.1 Å². The molecule has 2 aromatic rings. The van der Waals surface area contributed by atoms with E-state index < -0.39 is 15.6 Å². The zero-order valence-corrected chi connectivity index (χ0v) is 17.4. The zero-order chi connectivity index (χ0) is 18.8. The van der Waals surface area contributed by atoms with Crippen LogP contribution in [-0.4, -0.2) is 20.0 Å². The second kappa shape index (κ2) is 7.58. The van der Waals surface area contributed by atoms with Gasteiger partial charge in [0.1, 0.15) is 4.21 Å². The summed E-state index contributed by atoms with van der Waals surface area (Å²) in [6, 6.07) is 10.5. The van der Waals surface area contributed by atoms with E-state index in [9.17, 15) is 8.42 Å². The van der Waals surface area contributed by atoms with Gasteiger partial charge in [0.25, 0.3) is 10.0 Å². The van der Waals surface area contributed by atoms with E-state index in [1.54, 1.807) is 0 Å². The fraction of sp³-hybridized carbons (Fsp3) is 0.474. The van der Waals surface area contributed by atoms with Gasteiger partial charge in [-0.15, -0.1) is 11.3 Å². The highest BCUT2D eigenvalue weighted by Gasteiger charge is 2.27. The predicted octanol–water partition coefficient (Wildman–Crippen LogP) is 4.30. The lowest BCUT2D eigenvalue weighted by Gasteiger charge is -2.20. The van der Waals surface area contributed by atoms with Crippen molar-refractivity contribution >= 4 is 21.4 Å². The summed E-state index contributed by atoms with van der Waals surface area (Å²) in [7, 11) is -3.55. The van der Waals surface area contributed by atoms with Crippen LogP contribution in [0, 0.1) is 6.92 Å². The first-order chi connectivity index (χ1) is 11.5. The highest BCUT2D eigenvalue weighted by molar-refractivity contribution is 7.91. The summed E-state index contributed by atoms with van der Waals surface area (Å²) < 4.78 is 28.7. The first-order valence-electron chi connectivity index (χ1n) is 8.45. The SMILES string of the molecule is Cc1cc(-c2ccc(CNC(C)C)cc2)c(S(=O)(=O)NC(C)(C)C)s1. The molecule has 0 radical (unpaired) electrons. The first kappa shape index (κ1) is 20.1. The highest BCUT2D eigenvalue weighted by atomic mass is 32.2. The molecule has 0 spiro atoms. The lowest BCUT2D eigenvalue weighted by molar-refractivity contribution is 0.493. The van der Waals surface area contributed by atoms with Gasteiger partial charge in [-0.05, 0) is 44.9 Å². The molecule has 1 heterocycles. The van der Waals surface area contributed by atoms with Crippen molar-refractivity contribution in [3.63, 3.8) is 0 Å². The van der Waals surface area contributed by atoms with Gasteiger partial charge in [0.2, 0.25) is 0 Å². The van der Waals surface area contributed by atoms with E-state index >= 15 is 0 Å². The summed E-state index contributed by atoms with van der Waals surface area (Å²) in [5.74, 6) is 0. The molecule has 0 unspecified atom stereocenters. The number of rotatable bonds is 6. The third kappa shape index (κ3) is 5.64. The number of thiophene rings is 1. The average molecular weight is 381 g/mol. The van der Waals surface area contributed by atoms with Gasteiger partial charge in [0, 0.05) is 28.6 Å². The normalized spacial score (nSPS) is 12.8. The molecule has 0 saturated heterocycles. The van der Waals surface area contributed by atoms with Crippen molar-refractivity contribution < 1.29 is 8.42 Å². The molecule has 0 aliphatic rings. The van der Waals surface area contributed by atoms with Gasteiger partial charge in [-0.2, -0.15) is 0 Å². The van der Waals surface area contributed by atoms with E-state index in [0.717, 1.165) is 22.5 Å². The lowest BCUT2D eigenvalue weighted by atomic mass is 10.1. The largest absolute Gasteiger partial charge is 0.310 e. The van der Waals surface area contributed by atoms with Gasteiger partial charge in [-0.25, -0.2) is 13.1 Å². The maximum absolute atomic E-state index is 12.8. The quantitative estimate of drug-likeness (QED) is 0.785. The summed E-state index contributed by atoms with van der Waals surface area (Å²) in [4.78, 5) is 0.981. The van der Waals surface area contributed by atoms with Gasteiger partial charge >= 0.3 is 0 Å². The summed E-state index contributed by atoms with van der Waals surface area (Å²) >= 11 is 1.31. The van der Waals surface area contributed by atoms with Crippen molar-refractivity contribution in [3.8, 4) is 11.1 Å². The number of benzene rings is 1. The van der Waals surface area contributed by atoms with Gasteiger partial charge < -0.3 is 5.32 Å². The van der Waals surface area contributed by atoms with Crippen LogP contribution in [0.25, 0.3) is 11.1 Å². The van der Waals surface area contributed by atoms with Crippen molar-refractivity contribution in [2.75, 3.05) is 0 Å². The Morgan fingerprint density at radius 3 is 2.24 bits per heavy atom. The van der Waals surface area contributed by atoms with Crippen molar-refractivity contribution in [2.24, 2.45) is 0 Å². The second-order valence-electron chi connectivity index (χ2n) is 7.65. The zero-order valence-electron chi connectivity index (χ0n) is 15.8. The Morgan fingerprint density at radius 2 is 1.72 bits per heavy atom. The molecule has 138 valence electrons. The molecule has 0 atom stereocenters. The van der Waals surface area contributed by atoms with E-state index in [2.05, 4.69) is 23.9 Å². The predicted molar refractivity (Wildman–Crippen MR) is 107 cm³/mol. The van der Waals surface area contributed by atoms with Crippen LogP contribution in [0.2, 0.25) is 0 Å². The highest BCUT2D eigenvalue weighted by Crippen LogP contribution is 2.35. The molecule has 0 saturated carbocycles. The van der Waals surface area contributed by atoms with Crippen LogP contribution in [0.4, 0.5) is 0 Å². The van der Waals surface area contributed by atoms with Crippen molar-refractivity contribution in [3.05, 3.63) is 40.8 Å². The summed E-state index contributed by atoms with van der Waals surface area (Å²) in [5, 5.41) is 3.38. The number of aryl methyl sites for hydroxylation is 1. The Hall–Kier alpha value is -1.21. The Labute approximate surface area is 155 Å². The van der Waals surface area contributed by atoms with Crippen molar-refractivity contribution in [1.29, 1.82) is 0 Å². The Balaban J connectivity index is 2.35. The van der Waals surface area contributed by atoms with Gasteiger partial charge in [0.05, 0.1) is 0 Å². The van der Waals surface area contributed by atoms with Gasteiger partial charge in [-0.1, -0.05) is 38.1 Å². The van der Waals surface area contributed by atoms with E-state index in [0.29, 0.717) is 10.3 Å². The minimum Gasteiger partial charge on any atom is -0.310 e. The molecular formula is C19H28N2O2S2.